The molecule has 0 radical (unpaired) electrons. The maximum absolute atomic E-state index is 13.7. The average molecular weight is 348 g/mol. The van der Waals surface area contributed by atoms with Gasteiger partial charge in [0.1, 0.15) is 10.7 Å². The second-order valence-corrected chi connectivity index (χ2v) is 5.93. The lowest BCUT2D eigenvalue weighted by atomic mass is 10.2. The Morgan fingerprint density at radius 2 is 2.00 bits per heavy atom. The van der Waals surface area contributed by atoms with Gasteiger partial charge in [-0.15, -0.1) is 0 Å². The van der Waals surface area contributed by atoms with Gasteiger partial charge in [-0.1, -0.05) is 15.9 Å². The van der Waals surface area contributed by atoms with Gasteiger partial charge in [-0.3, -0.25) is 0 Å². The summed E-state index contributed by atoms with van der Waals surface area (Å²) in [6.45, 7) is -1.81. The zero-order valence-corrected chi connectivity index (χ0v) is 11.2. The predicted octanol–water partition coefficient (Wildman–Crippen LogP) is 1.62. The van der Waals surface area contributed by atoms with Gasteiger partial charge in [-0.2, -0.15) is 0 Å². The van der Waals surface area contributed by atoms with E-state index in [9.17, 15) is 21.6 Å². The predicted molar refractivity (Wildman–Crippen MR) is 61.2 cm³/mol. The first-order valence-electron chi connectivity index (χ1n) is 4.64. The van der Waals surface area contributed by atoms with Crippen LogP contribution in [0.3, 0.4) is 0 Å². The molecule has 0 aliphatic rings. The molecular formula is C9H9BrF3NO3S. The van der Waals surface area contributed by atoms with Crippen molar-refractivity contribution in [1.82, 2.24) is 4.72 Å². The molecule has 0 spiro atoms. The minimum absolute atomic E-state index is 0.213. The summed E-state index contributed by atoms with van der Waals surface area (Å²) >= 11 is 2.94. The second-order valence-electron chi connectivity index (χ2n) is 3.28. The highest BCUT2D eigenvalue weighted by Gasteiger charge is 2.23. The largest absolute Gasteiger partial charge is 0.392 e. The van der Waals surface area contributed by atoms with E-state index in [0.29, 0.717) is 0 Å². The molecule has 0 unspecified atom stereocenters. The zero-order valence-electron chi connectivity index (χ0n) is 8.83. The lowest BCUT2D eigenvalue weighted by molar-refractivity contribution is 0.153. The Kier molecular flexibility index (Phi) is 5.14. The minimum atomic E-state index is -4.39. The topological polar surface area (TPSA) is 66.4 Å². The summed E-state index contributed by atoms with van der Waals surface area (Å²) in [7, 11) is -4.39. The summed E-state index contributed by atoms with van der Waals surface area (Å²) in [5, 5.41) is 8.86. The summed E-state index contributed by atoms with van der Waals surface area (Å²) in [5.41, 5.74) is -0.248. The summed E-state index contributed by atoms with van der Waals surface area (Å²) in [5.74, 6) is -1.16. The standard InChI is InChI=1S/C9H9BrF3NO3S/c10-6-1-5(4-15)9(13)7(2-6)18(16,17)14-3-8(11)12/h1-2,8,14-15H,3-4H2. The molecule has 0 atom stereocenters. The van der Waals surface area contributed by atoms with Crippen molar-refractivity contribution in [3.05, 3.63) is 28.0 Å². The number of aliphatic hydroxyl groups excluding tert-OH is 1. The molecule has 102 valence electrons. The third-order valence-electron chi connectivity index (χ3n) is 1.97. The quantitative estimate of drug-likeness (QED) is 0.850. The number of alkyl halides is 2. The first-order chi connectivity index (χ1) is 8.27. The van der Waals surface area contributed by atoms with Crippen LogP contribution in [-0.2, 0) is 16.6 Å². The molecule has 4 nitrogen and oxygen atoms in total. The Labute approximate surface area is 110 Å². The van der Waals surface area contributed by atoms with Crippen LogP contribution in [0.5, 0.6) is 0 Å². The van der Waals surface area contributed by atoms with Crippen molar-refractivity contribution in [2.45, 2.75) is 17.9 Å². The number of hydrogen-bond donors (Lipinski definition) is 2. The zero-order chi connectivity index (χ0) is 13.9. The van der Waals surface area contributed by atoms with E-state index in [2.05, 4.69) is 15.9 Å². The third-order valence-corrected chi connectivity index (χ3v) is 3.85. The molecular weight excluding hydrogens is 339 g/mol. The van der Waals surface area contributed by atoms with Gasteiger partial charge in [-0.05, 0) is 12.1 Å². The van der Waals surface area contributed by atoms with Crippen LogP contribution >= 0.6 is 15.9 Å². The molecule has 0 bridgehead atoms. The number of halogens is 4. The van der Waals surface area contributed by atoms with Gasteiger partial charge < -0.3 is 5.11 Å². The fraction of sp³-hybridized carbons (Fsp3) is 0.333. The number of hydrogen-bond acceptors (Lipinski definition) is 3. The van der Waals surface area contributed by atoms with Crippen molar-refractivity contribution in [2.24, 2.45) is 0 Å². The van der Waals surface area contributed by atoms with Gasteiger partial charge in [0, 0.05) is 10.0 Å². The van der Waals surface area contributed by atoms with E-state index in [1.165, 1.54) is 6.07 Å². The highest BCUT2D eigenvalue weighted by molar-refractivity contribution is 9.10. The van der Waals surface area contributed by atoms with Crippen molar-refractivity contribution in [2.75, 3.05) is 6.54 Å². The number of rotatable bonds is 5. The lowest BCUT2D eigenvalue weighted by Gasteiger charge is -2.10. The fourth-order valence-electron chi connectivity index (χ4n) is 1.18. The second kappa shape index (κ2) is 6.00. The maximum atomic E-state index is 13.7. The molecule has 0 saturated carbocycles. The van der Waals surface area contributed by atoms with Gasteiger partial charge in [0.25, 0.3) is 6.43 Å². The van der Waals surface area contributed by atoms with Gasteiger partial charge >= 0.3 is 0 Å². The molecule has 0 aliphatic heterocycles. The van der Waals surface area contributed by atoms with E-state index in [0.717, 1.165) is 6.07 Å². The van der Waals surface area contributed by atoms with E-state index in [-0.39, 0.29) is 10.0 Å². The first-order valence-corrected chi connectivity index (χ1v) is 6.92. The summed E-state index contributed by atoms with van der Waals surface area (Å²) in [6.07, 6.45) is -2.88. The van der Waals surface area contributed by atoms with Crippen LogP contribution < -0.4 is 4.72 Å². The van der Waals surface area contributed by atoms with Crippen molar-refractivity contribution in [1.29, 1.82) is 0 Å². The van der Waals surface area contributed by atoms with Crippen LogP contribution in [0.4, 0.5) is 13.2 Å². The third kappa shape index (κ3) is 3.67. The normalized spacial score (nSPS) is 12.1. The average Bonchev–Trinajstić information content (AvgIpc) is 2.29. The fourth-order valence-corrected chi connectivity index (χ4v) is 2.99. The molecule has 18 heavy (non-hydrogen) atoms. The number of nitrogens with one attached hydrogen (secondary N) is 1. The molecule has 0 saturated heterocycles. The van der Waals surface area contributed by atoms with E-state index in [1.807, 2.05) is 0 Å². The lowest BCUT2D eigenvalue weighted by Crippen LogP contribution is -2.29. The molecule has 2 N–H and O–H groups in total. The first kappa shape index (κ1) is 15.4. The molecule has 0 aliphatic carbocycles. The summed E-state index contributed by atoms with van der Waals surface area (Å²) < 4.78 is 62.5. The maximum Gasteiger partial charge on any atom is 0.251 e. The van der Waals surface area contributed by atoms with Crippen LogP contribution in [-0.4, -0.2) is 26.5 Å². The number of aliphatic hydroxyl groups is 1. The SMILES string of the molecule is O=S(=O)(NCC(F)F)c1cc(Br)cc(CO)c1F. The van der Waals surface area contributed by atoms with Gasteiger partial charge in [0.2, 0.25) is 10.0 Å². The summed E-state index contributed by atoms with van der Waals surface area (Å²) in [4.78, 5) is -0.790. The summed E-state index contributed by atoms with van der Waals surface area (Å²) in [6, 6.07) is 2.13. The van der Waals surface area contributed by atoms with E-state index in [4.69, 9.17) is 5.11 Å². The van der Waals surface area contributed by atoms with Crippen LogP contribution in [0.1, 0.15) is 5.56 Å². The highest BCUT2D eigenvalue weighted by Crippen LogP contribution is 2.24. The number of sulfonamides is 1. The highest BCUT2D eigenvalue weighted by atomic mass is 79.9. The van der Waals surface area contributed by atoms with Crippen molar-refractivity contribution in [3.8, 4) is 0 Å². The molecule has 0 amide bonds. The van der Waals surface area contributed by atoms with E-state index in [1.54, 1.807) is 4.72 Å². The Bertz CT molecular complexity index is 536. The van der Waals surface area contributed by atoms with Crippen LogP contribution in [0.15, 0.2) is 21.5 Å². The van der Waals surface area contributed by atoms with E-state index >= 15 is 0 Å². The Morgan fingerprint density at radius 1 is 1.39 bits per heavy atom. The molecule has 0 heterocycles. The monoisotopic (exact) mass is 347 g/mol. The van der Waals surface area contributed by atoms with Gasteiger partial charge in [-0.25, -0.2) is 26.3 Å². The van der Waals surface area contributed by atoms with Crippen molar-refractivity contribution in [3.63, 3.8) is 0 Å². The molecule has 0 aromatic heterocycles. The van der Waals surface area contributed by atoms with Gasteiger partial charge in [0.05, 0.1) is 13.2 Å². The van der Waals surface area contributed by atoms with E-state index < -0.39 is 40.3 Å². The molecule has 1 aromatic rings. The van der Waals surface area contributed by atoms with Gasteiger partial charge in [0.15, 0.2) is 0 Å². The van der Waals surface area contributed by atoms with Crippen molar-refractivity contribution >= 4 is 26.0 Å². The van der Waals surface area contributed by atoms with Crippen LogP contribution in [0.2, 0.25) is 0 Å². The van der Waals surface area contributed by atoms with Crippen molar-refractivity contribution < 1.29 is 26.7 Å². The van der Waals surface area contributed by atoms with Crippen LogP contribution in [0, 0.1) is 5.82 Å². The Balaban J connectivity index is 3.20. The Hall–Kier alpha value is -0.640. The molecule has 1 aromatic carbocycles. The van der Waals surface area contributed by atoms with Crippen LogP contribution in [0.25, 0.3) is 0 Å². The molecule has 9 heteroatoms. The molecule has 1 rings (SSSR count). The minimum Gasteiger partial charge on any atom is -0.392 e. The molecule has 0 fully saturated rings. The smallest absolute Gasteiger partial charge is 0.251 e. The Morgan fingerprint density at radius 3 is 2.50 bits per heavy atom. The number of benzene rings is 1.